The number of ether oxygens (including phenoxy) is 4. The van der Waals surface area contributed by atoms with Crippen molar-refractivity contribution >= 4 is 28.1 Å². The van der Waals surface area contributed by atoms with Crippen molar-refractivity contribution < 1.29 is 23.7 Å². The van der Waals surface area contributed by atoms with Crippen LogP contribution in [0.2, 0.25) is 0 Å². The molecule has 0 fully saturated rings. The molecular formula is C19H17BrN4O5. The molecule has 0 radical (unpaired) electrons. The second-order valence-electron chi connectivity index (χ2n) is 5.96. The van der Waals surface area contributed by atoms with Crippen LogP contribution in [0, 0.1) is 18.3 Å². The lowest BCUT2D eigenvalue weighted by molar-refractivity contribution is -0.123. The van der Waals surface area contributed by atoms with Crippen LogP contribution in [0.15, 0.2) is 27.8 Å². The van der Waals surface area contributed by atoms with Gasteiger partial charge in [0.05, 0.1) is 12.8 Å². The van der Waals surface area contributed by atoms with Gasteiger partial charge in [-0.3, -0.25) is 4.79 Å². The van der Waals surface area contributed by atoms with Crippen molar-refractivity contribution in [2.75, 3.05) is 20.5 Å². The number of amides is 1. The van der Waals surface area contributed by atoms with Crippen molar-refractivity contribution in [2.45, 2.75) is 13.5 Å². The maximum absolute atomic E-state index is 12.0. The van der Waals surface area contributed by atoms with Crippen molar-refractivity contribution in [2.24, 2.45) is 5.10 Å². The van der Waals surface area contributed by atoms with E-state index in [4.69, 9.17) is 18.9 Å². The number of benzene rings is 1. The summed E-state index contributed by atoms with van der Waals surface area (Å²) < 4.78 is 21.8. The molecule has 0 atom stereocenters. The highest BCUT2D eigenvalue weighted by molar-refractivity contribution is 9.10. The molecule has 1 aliphatic heterocycles. The number of nitrogens with one attached hydrogen (secondary N) is 1. The van der Waals surface area contributed by atoms with Crippen molar-refractivity contribution in [1.82, 2.24) is 10.4 Å². The Balaban J connectivity index is 1.61. The number of aromatic nitrogens is 1. The van der Waals surface area contributed by atoms with E-state index in [9.17, 15) is 10.1 Å². The van der Waals surface area contributed by atoms with Gasteiger partial charge in [0.1, 0.15) is 11.6 Å². The van der Waals surface area contributed by atoms with Gasteiger partial charge in [-0.25, -0.2) is 10.4 Å². The lowest BCUT2D eigenvalue weighted by atomic mass is 10.1. The molecule has 0 unspecified atom stereocenters. The van der Waals surface area contributed by atoms with E-state index >= 15 is 0 Å². The summed E-state index contributed by atoms with van der Waals surface area (Å²) >= 11 is 3.41. The van der Waals surface area contributed by atoms with E-state index in [1.54, 1.807) is 25.1 Å². The summed E-state index contributed by atoms with van der Waals surface area (Å²) in [5, 5.41) is 13.3. The molecule has 1 aromatic heterocycles. The molecule has 0 bridgehead atoms. The van der Waals surface area contributed by atoms with Crippen LogP contribution in [0.25, 0.3) is 0 Å². The number of halogens is 1. The van der Waals surface area contributed by atoms with Crippen LogP contribution >= 0.6 is 15.9 Å². The lowest BCUT2D eigenvalue weighted by Gasteiger charge is -2.10. The number of carbonyl (C=O) groups excluding carboxylic acids is 1. The predicted molar refractivity (Wildman–Crippen MR) is 106 cm³/mol. The lowest BCUT2D eigenvalue weighted by Crippen LogP contribution is -2.25. The van der Waals surface area contributed by atoms with E-state index in [0.717, 1.165) is 4.47 Å². The van der Waals surface area contributed by atoms with Crippen LogP contribution in [0.1, 0.15) is 22.4 Å². The number of rotatable bonds is 7. The molecule has 1 aliphatic rings. The normalized spacial score (nSPS) is 12.1. The number of nitriles is 1. The summed E-state index contributed by atoms with van der Waals surface area (Å²) in [6, 6.07) is 7.28. The van der Waals surface area contributed by atoms with E-state index in [-0.39, 0.29) is 31.5 Å². The third-order valence-corrected chi connectivity index (χ3v) is 4.52. The quantitative estimate of drug-likeness (QED) is 0.498. The highest BCUT2D eigenvalue weighted by Crippen LogP contribution is 2.36. The molecule has 9 nitrogen and oxygen atoms in total. The minimum absolute atomic E-state index is 0.0807. The molecule has 10 heteroatoms. The van der Waals surface area contributed by atoms with E-state index in [0.29, 0.717) is 28.3 Å². The van der Waals surface area contributed by atoms with Crippen LogP contribution in [-0.4, -0.2) is 37.6 Å². The zero-order valence-electron chi connectivity index (χ0n) is 15.7. The largest absolute Gasteiger partial charge is 0.467 e. The summed E-state index contributed by atoms with van der Waals surface area (Å²) in [5.74, 6) is 0.819. The Morgan fingerprint density at radius 3 is 2.90 bits per heavy atom. The number of hydrogen-bond donors (Lipinski definition) is 1. The summed E-state index contributed by atoms with van der Waals surface area (Å²) in [7, 11) is 1.53. The fourth-order valence-corrected chi connectivity index (χ4v) is 3.00. The van der Waals surface area contributed by atoms with Crippen LogP contribution in [0.3, 0.4) is 0 Å². The number of nitrogens with zero attached hydrogens (tertiary/aromatic N) is 3. The highest BCUT2D eigenvalue weighted by Gasteiger charge is 2.16. The monoisotopic (exact) mass is 460 g/mol. The second-order valence-corrected chi connectivity index (χ2v) is 6.81. The first-order chi connectivity index (χ1) is 14.0. The third kappa shape index (κ3) is 5.01. The Hall–Kier alpha value is -3.16. The van der Waals surface area contributed by atoms with Gasteiger partial charge in [-0.15, -0.1) is 0 Å². The zero-order valence-corrected chi connectivity index (χ0v) is 17.3. The molecule has 2 heterocycles. The molecule has 0 spiro atoms. The molecule has 0 aliphatic carbocycles. The van der Waals surface area contributed by atoms with Gasteiger partial charge in [0, 0.05) is 28.4 Å². The summed E-state index contributed by atoms with van der Waals surface area (Å²) in [6.45, 7) is 1.82. The zero-order chi connectivity index (χ0) is 20.8. The molecule has 150 valence electrons. The van der Waals surface area contributed by atoms with E-state index in [2.05, 4.69) is 31.4 Å². The van der Waals surface area contributed by atoms with E-state index in [1.807, 2.05) is 6.07 Å². The molecular weight excluding hydrogens is 444 g/mol. The molecule has 1 aromatic carbocycles. The molecule has 1 amide bonds. The molecule has 0 saturated carbocycles. The second kappa shape index (κ2) is 9.36. The molecule has 1 N–H and O–H groups in total. The first kappa shape index (κ1) is 20.6. The Labute approximate surface area is 175 Å². The highest BCUT2D eigenvalue weighted by atomic mass is 79.9. The minimum atomic E-state index is -0.501. The van der Waals surface area contributed by atoms with Crippen LogP contribution in [0.5, 0.6) is 17.4 Å². The number of methoxy groups -OCH3 is 1. The average molecular weight is 461 g/mol. The van der Waals surface area contributed by atoms with Crippen molar-refractivity contribution in [3.63, 3.8) is 0 Å². The Kier molecular flexibility index (Phi) is 6.64. The van der Waals surface area contributed by atoms with Gasteiger partial charge in [-0.2, -0.15) is 10.4 Å². The third-order valence-electron chi connectivity index (χ3n) is 3.83. The smallest absolute Gasteiger partial charge is 0.278 e. The summed E-state index contributed by atoms with van der Waals surface area (Å²) in [5.41, 5.74) is 4.59. The predicted octanol–water partition coefficient (Wildman–Crippen LogP) is 2.43. The molecule has 0 saturated heterocycles. The Bertz CT molecular complexity index is 1000. The minimum Gasteiger partial charge on any atom is -0.467 e. The number of aryl methyl sites for hydroxylation is 1. The molecule has 29 heavy (non-hydrogen) atoms. The number of fused-ring (bicyclic) bond motifs is 1. The van der Waals surface area contributed by atoms with Gasteiger partial charge in [0.2, 0.25) is 12.7 Å². The van der Waals surface area contributed by atoms with Gasteiger partial charge in [0.25, 0.3) is 5.91 Å². The van der Waals surface area contributed by atoms with E-state index < -0.39 is 5.91 Å². The maximum atomic E-state index is 12.0. The maximum Gasteiger partial charge on any atom is 0.278 e. The summed E-state index contributed by atoms with van der Waals surface area (Å²) in [6.07, 6.45) is 1.46. The van der Waals surface area contributed by atoms with Gasteiger partial charge < -0.3 is 18.9 Å². The first-order valence-electron chi connectivity index (χ1n) is 8.45. The van der Waals surface area contributed by atoms with Crippen LogP contribution in [0.4, 0.5) is 0 Å². The standard InChI is InChI=1S/C19H17BrN4O5/c1-11-3-13(8-26-2)14(6-21)19(23-11)27-9-18(25)24-22-7-12-4-16-17(5-15(12)20)29-10-28-16/h3-5,7H,8-10H2,1-2H3,(H,24,25). The SMILES string of the molecule is COCc1cc(C)nc(OCC(=O)NN=Cc2cc3c(cc2Br)OCO3)c1C#N. The van der Waals surface area contributed by atoms with E-state index in [1.165, 1.54) is 13.3 Å². The van der Waals surface area contributed by atoms with Gasteiger partial charge in [-0.05, 0) is 41.1 Å². The molecule has 3 rings (SSSR count). The summed E-state index contributed by atoms with van der Waals surface area (Å²) in [4.78, 5) is 16.2. The Morgan fingerprint density at radius 1 is 1.41 bits per heavy atom. The van der Waals surface area contributed by atoms with Crippen molar-refractivity contribution in [3.05, 3.63) is 45.1 Å². The van der Waals surface area contributed by atoms with Crippen molar-refractivity contribution in [3.8, 4) is 23.4 Å². The Morgan fingerprint density at radius 2 is 2.17 bits per heavy atom. The fourth-order valence-electron chi connectivity index (χ4n) is 2.58. The van der Waals surface area contributed by atoms with Crippen LogP contribution < -0.4 is 19.6 Å². The number of hydrazone groups is 1. The van der Waals surface area contributed by atoms with Crippen molar-refractivity contribution in [1.29, 1.82) is 5.26 Å². The topological polar surface area (TPSA) is 115 Å². The fraction of sp³-hybridized carbons (Fsp3) is 0.263. The molecule has 2 aromatic rings. The van der Waals surface area contributed by atoms with Gasteiger partial charge >= 0.3 is 0 Å². The van der Waals surface area contributed by atoms with Crippen LogP contribution in [-0.2, 0) is 16.1 Å². The van der Waals surface area contributed by atoms with Gasteiger partial charge in [-0.1, -0.05) is 0 Å². The van der Waals surface area contributed by atoms with Gasteiger partial charge in [0.15, 0.2) is 18.1 Å². The number of carbonyl (C=O) groups is 1. The average Bonchev–Trinajstić information content (AvgIpc) is 3.13. The number of hydrogen-bond acceptors (Lipinski definition) is 8. The first-order valence-corrected chi connectivity index (χ1v) is 9.24. The number of pyridine rings is 1.